The maximum atomic E-state index is 12.5. The van der Waals surface area contributed by atoms with Gasteiger partial charge < -0.3 is 19.9 Å². The summed E-state index contributed by atoms with van der Waals surface area (Å²) in [5.74, 6) is 0.821. The fourth-order valence-electron chi connectivity index (χ4n) is 4.63. The summed E-state index contributed by atoms with van der Waals surface area (Å²) >= 11 is 0. The molecule has 3 rings (SSSR count). The highest BCUT2D eigenvalue weighted by atomic mass is 16.5. The molecule has 1 amide bonds. The first kappa shape index (κ1) is 20.5. The summed E-state index contributed by atoms with van der Waals surface area (Å²) in [6.45, 7) is 0.651. The third-order valence-corrected chi connectivity index (χ3v) is 6.02. The Morgan fingerprint density at radius 2 is 1.93 bits per heavy atom. The van der Waals surface area contributed by atoms with Gasteiger partial charge in [0.1, 0.15) is 6.04 Å². The Balaban J connectivity index is 1.53. The summed E-state index contributed by atoms with van der Waals surface area (Å²) in [7, 11) is 3.19. The van der Waals surface area contributed by atoms with Crippen molar-refractivity contribution in [2.45, 2.75) is 50.6 Å². The molecule has 7 nitrogen and oxygen atoms in total. The van der Waals surface area contributed by atoms with Crippen LogP contribution in [0.3, 0.4) is 0 Å². The van der Waals surface area contributed by atoms with Crippen LogP contribution in [-0.2, 0) is 16.0 Å². The molecule has 1 aliphatic carbocycles. The number of fused-ring (bicyclic) bond motifs is 1. The van der Waals surface area contributed by atoms with Crippen molar-refractivity contribution in [3.63, 3.8) is 0 Å². The number of carbonyl (C=O) groups is 2. The minimum absolute atomic E-state index is 0.113. The van der Waals surface area contributed by atoms with E-state index in [9.17, 15) is 14.7 Å². The zero-order valence-electron chi connectivity index (χ0n) is 16.6. The van der Waals surface area contributed by atoms with Gasteiger partial charge in [0, 0.05) is 12.6 Å². The van der Waals surface area contributed by atoms with Crippen LogP contribution in [-0.4, -0.2) is 61.3 Å². The molecule has 3 atom stereocenters. The van der Waals surface area contributed by atoms with E-state index in [1.54, 1.807) is 14.2 Å². The first-order valence-electron chi connectivity index (χ1n) is 9.99. The number of rotatable bonds is 8. The van der Waals surface area contributed by atoms with Crippen molar-refractivity contribution in [2.75, 3.05) is 27.3 Å². The SMILES string of the molecule is COc1ccc(CCNC(=O)CN2C(C(=O)O)CC3CCCCC32)cc1OC. The van der Waals surface area contributed by atoms with E-state index < -0.39 is 12.0 Å². The Labute approximate surface area is 166 Å². The van der Waals surface area contributed by atoms with Crippen molar-refractivity contribution >= 4 is 11.9 Å². The molecule has 1 aliphatic heterocycles. The second-order valence-electron chi connectivity index (χ2n) is 7.66. The monoisotopic (exact) mass is 390 g/mol. The predicted molar refractivity (Wildman–Crippen MR) is 105 cm³/mol. The van der Waals surface area contributed by atoms with Crippen LogP contribution in [0.5, 0.6) is 11.5 Å². The molecular formula is C21H30N2O5. The highest BCUT2D eigenvalue weighted by molar-refractivity contribution is 5.80. The van der Waals surface area contributed by atoms with Gasteiger partial charge in [-0.2, -0.15) is 0 Å². The predicted octanol–water partition coefficient (Wildman–Crippen LogP) is 2.08. The summed E-state index contributed by atoms with van der Waals surface area (Å²) in [5.41, 5.74) is 1.04. The molecule has 0 bridgehead atoms. The fourth-order valence-corrected chi connectivity index (χ4v) is 4.63. The van der Waals surface area contributed by atoms with Gasteiger partial charge in [0.25, 0.3) is 0 Å². The molecule has 2 fully saturated rings. The van der Waals surface area contributed by atoms with Crippen molar-refractivity contribution < 1.29 is 24.2 Å². The summed E-state index contributed by atoms with van der Waals surface area (Å²) < 4.78 is 10.5. The number of aliphatic carboxylic acids is 1. The molecule has 0 radical (unpaired) electrons. The number of nitrogens with one attached hydrogen (secondary N) is 1. The zero-order valence-corrected chi connectivity index (χ0v) is 16.6. The van der Waals surface area contributed by atoms with Crippen LogP contribution < -0.4 is 14.8 Å². The Morgan fingerprint density at radius 1 is 1.18 bits per heavy atom. The van der Waals surface area contributed by atoms with Crippen molar-refractivity contribution in [3.8, 4) is 11.5 Å². The van der Waals surface area contributed by atoms with Crippen molar-refractivity contribution in [3.05, 3.63) is 23.8 Å². The summed E-state index contributed by atoms with van der Waals surface area (Å²) in [5, 5.41) is 12.5. The number of nitrogens with zero attached hydrogens (tertiary/aromatic N) is 1. The lowest BCUT2D eigenvalue weighted by Crippen LogP contribution is -2.47. The zero-order chi connectivity index (χ0) is 20.1. The van der Waals surface area contributed by atoms with Crippen LogP contribution >= 0.6 is 0 Å². The molecule has 1 aromatic rings. The molecule has 28 heavy (non-hydrogen) atoms. The normalized spacial score (nSPS) is 24.4. The molecule has 2 N–H and O–H groups in total. The smallest absolute Gasteiger partial charge is 0.320 e. The van der Waals surface area contributed by atoms with E-state index in [0.717, 1.165) is 24.8 Å². The Kier molecular flexibility index (Phi) is 6.78. The van der Waals surface area contributed by atoms with Gasteiger partial charge in [-0.25, -0.2) is 0 Å². The second kappa shape index (κ2) is 9.28. The first-order chi connectivity index (χ1) is 13.5. The third-order valence-electron chi connectivity index (χ3n) is 6.02. The van der Waals surface area contributed by atoms with Gasteiger partial charge in [-0.1, -0.05) is 18.9 Å². The minimum Gasteiger partial charge on any atom is -0.493 e. The molecule has 0 aromatic heterocycles. The van der Waals surface area contributed by atoms with E-state index in [2.05, 4.69) is 5.32 Å². The lowest BCUT2D eigenvalue weighted by molar-refractivity contribution is -0.143. The third kappa shape index (κ3) is 4.58. The average molecular weight is 390 g/mol. The number of ether oxygens (including phenoxy) is 2. The van der Waals surface area contributed by atoms with E-state index in [0.29, 0.717) is 36.8 Å². The fraction of sp³-hybridized carbons (Fsp3) is 0.619. The number of carboxylic acids is 1. The number of benzene rings is 1. The van der Waals surface area contributed by atoms with Gasteiger partial charge >= 0.3 is 5.97 Å². The second-order valence-corrected chi connectivity index (χ2v) is 7.66. The van der Waals surface area contributed by atoms with Gasteiger partial charge in [0.05, 0.1) is 20.8 Å². The number of hydrogen-bond donors (Lipinski definition) is 2. The van der Waals surface area contributed by atoms with E-state index in [-0.39, 0.29) is 18.5 Å². The van der Waals surface area contributed by atoms with Crippen molar-refractivity contribution in [1.82, 2.24) is 10.2 Å². The standard InChI is InChI=1S/C21H30N2O5/c1-27-18-8-7-14(11-19(18)28-2)9-10-22-20(24)13-23-16-6-4-3-5-15(16)12-17(23)21(25)26/h7-8,11,15-17H,3-6,9-10,12-13H2,1-2H3,(H,22,24)(H,25,26). The Hall–Kier alpha value is -2.28. The van der Waals surface area contributed by atoms with Crippen LogP contribution in [0.1, 0.15) is 37.7 Å². The van der Waals surface area contributed by atoms with E-state index in [4.69, 9.17) is 9.47 Å². The highest BCUT2D eigenvalue weighted by Gasteiger charge is 2.45. The summed E-state index contributed by atoms with van der Waals surface area (Å²) in [4.78, 5) is 26.0. The number of carboxylic acid groups (broad SMARTS) is 1. The summed E-state index contributed by atoms with van der Waals surface area (Å²) in [6.07, 6.45) is 5.68. The Morgan fingerprint density at radius 3 is 2.64 bits per heavy atom. The van der Waals surface area contributed by atoms with Gasteiger partial charge in [-0.05, 0) is 49.3 Å². The highest BCUT2D eigenvalue weighted by Crippen LogP contribution is 2.39. The number of hydrogen-bond acceptors (Lipinski definition) is 5. The maximum Gasteiger partial charge on any atom is 0.320 e. The Bertz CT molecular complexity index is 708. The quantitative estimate of drug-likeness (QED) is 0.707. The molecular weight excluding hydrogens is 360 g/mol. The van der Waals surface area contributed by atoms with Crippen LogP contribution in [0.15, 0.2) is 18.2 Å². The van der Waals surface area contributed by atoms with Crippen LogP contribution in [0.4, 0.5) is 0 Å². The molecule has 7 heteroatoms. The van der Waals surface area contributed by atoms with Gasteiger partial charge in [-0.15, -0.1) is 0 Å². The van der Waals surface area contributed by atoms with Crippen LogP contribution in [0.25, 0.3) is 0 Å². The molecule has 1 aromatic carbocycles. The largest absolute Gasteiger partial charge is 0.493 e. The van der Waals surface area contributed by atoms with E-state index in [1.165, 1.54) is 6.42 Å². The van der Waals surface area contributed by atoms with Crippen molar-refractivity contribution in [2.24, 2.45) is 5.92 Å². The number of carbonyl (C=O) groups excluding carboxylic acids is 1. The average Bonchev–Trinajstić information content (AvgIpc) is 3.06. The molecule has 0 spiro atoms. The van der Waals surface area contributed by atoms with Gasteiger partial charge in [0.15, 0.2) is 11.5 Å². The lowest BCUT2D eigenvalue weighted by Gasteiger charge is -2.32. The molecule has 1 saturated heterocycles. The summed E-state index contributed by atoms with van der Waals surface area (Å²) in [6, 6.07) is 5.39. The molecule has 1 heterocycles. The number of methoxy groups -OCH3 is 2. The van der Waals surface area contributed by atoms with E-state index in [1.807, 2.05) is 23.1 Å². The first-order valence-corrected chi connectivity index (χ1v) is 9.99. The molecule has 2 aliphatic rings. The molecule has 1 saturated carbocycles. The molecule has 154 valence electrons. The number of amides is 1. The topological polar surface area (TPSA) is 88.1 Å². The van der Waals surface area contributed by atoms with Gasteiger partial charge in [0.2, 0.25) is 5.91 Å². The minimum atomic E-state index is -0.812. The van der Waals surface area contributed by atoms with Crippen molar-refractivity contribution in [1.29, 1.82) is 0 Å². The lowest BCUT2D eigenvalue weighted by atomic mass is 9.85. The van der Waals surface area contributed by atoms with Crippen LogP contribution in [0.2, 0.25) is 0 Å². The number of likely N-dealkylation sites (tertiary alicyclic amines) is 1. The maximum absolute atomic E-state index is 12.5. The van der Waals surface area contributed by atoms with Crippen LogP contribution in [0, 0.1) is 5.92 Å². The van der Waals surface area contributed by atoms with Gasteiger partial charge in [-0.3, -0.25) is 14.5 Å². The molecule has 3 unspecified atom stereocenters. The van der Waals surface area contributed by atoms with E-state index >= 15 is 0 Å².